The molecule has 0 aliphatic carbocycles. The summed E-state index contributed by atoms with van der Waals surface area (Å²) >= 11 is 0. The van der Waals surface area contributed by atoms with Gasteiger partial charge < -0.3 is 16.0 Å². The maximum atomic E-state index is 11.9. The van der Waals surface area contributed by atoms with Gasteiger partial charge in [0.2, 0.25) is 5.91 Å². The van der Waals surface area contributed by atoms with Crippen LogP contribution in [0, 0.1) is 5.41 Å². The zero-order valence-electron chi connectivity index (χ0n) is 10.9. The lowest BCUT2D eigenvalue weighted by atomic mass is 9.89. The third-order valence-electron chi connectivity index (χ3n) is 3.57. The topological polar surface area (TPSA) is 71.2 Å². The van der Waals surface area contributed by atoms with Crippen LogP contribution in [0.1, 0.15) is 19.0 Å². The molecule has 5 heteroatoms. The van der Waals surface area contributed by atoms with E-state index < -0.39 is 0 Å². The molecule has 1 aromatic rings. The first-order chi connectivity index (χ1) is 8.59. The summed E-state index contributed by atoms with van der Waals surface area (Å²) in [7, 11) is 1.68. The zero-order chi connectivity index (χ0) is 13.2. The number of pyridine rings is 1. The predicted molar refractivity (Wildman–Crippen MR) is 71.1 cm³/mol. The van der Waals surface area contributed by atoms with Gasteiger partial charge in [0.05, 0.1) is 11.1 Å². The minimum atomic E-state index is -0.324. The van der Waals surface area contributed by atoms with Crippen molar-refractivity contribution >= 4 is 11.7 Å². The number of hydrogen-bond acceptors (Lipinski definition) is 4. The molecule has 1 fully saturated rings. The summed E-state index contributed by atoms with van der Waals surface area (Å²) in [5.41, 5.74) is 6.15. The Morgan fingerprint density at radius 3 is 3.06 bits per heavy atom. The number of carbonyl (C=O) groups excluding carboxylic acids is 1. The Morgan fingerprint density at radius 1 is 1.61 bits per heavy atom. The molecule has 0 radical (unpaired) electrons. The number of rotatable bonds is 3. The van der Waals surface area contributed by atoms with Crippen molar-refractivity contribution in [1.82, 2.24) is 10.3 Å². The fourth-order valence-electron chi connectivity index (χ4n) is 2.40. The highest BCUT2D eigenvalue weighted by molar-refractivity contribution is 5.83. The van der Waals surface area contributed by atoms with E-state index in [0.717, 1.165) is 24.5 Å². The summed E-state index contributed by atoms with van der Waals surface area (Å²) in [5.74, 6) is 1.01. The predicted octanol–water partition coefficient (Wildman–Crippen LogP) is 0.503. The van der Waals surface area contributed by atoms with Crippen LogP contribution in [0.25, 0.3) is 0 Å². The minimum Gasteiger partial charge on any atom is -0.359 e. The second-order valence-corrected chi connectivity index (χ2v) is 5.00. The average molecular weight is 248 g/mol. The van der Waals surface area contributed by atoms with Crippen LogP contribution in [0.4, 0.5) is 5.82 Å². The van der Waals surface area contributed by atoms with Gasteiger partial charge in [-0.25, -0.2) is 4.98 Å². The van der Waals surface area contributed by atoms with E-state index >= 15 is 0 Å². The fraction of sp³-hybridized carbons (Fsp3) is 0.538. The second-order valence-electron chi connectivity index (χ2n) is 5.00. The molecule has 98 valence electrons. The highest BCUT2D eigenvalue weighted by Crippen LogP contribution is 2.32. The van der Waals surface area contributed by atoms with Crippen LogP contribution >= 0.6 is 0 Å². The van der Waals surface area contributed by atoms with Crippen LogP contribution in [-0.2, 0) is 11.3 Å². The summed E-state index contributed by atoms with van der Waals surface area (Å²) in [6.45, 7) is 3.99. The molecule has 2 heterocycles. The molecule has 1 saturated heterocycles. The Bertz CT molecular complexity index is 448. The van der Waals surface area contributed by atoms with Crippen molar-refractivity contribution in [2.75, 3.05) is 25.0 Å². The molecule has 0 aromatic carbocycles. The molecule has 3 N–H and O–H groups in total. The number of nitrogens with two attached hydrogens (primary N) is 1. The first-order valence-corrected chi connectivity index (χ1v) is 6.22. The molecule has 1 atom stereocenters. The Balaban J connectivity index is 2.15. The molecule has 1 aliphatic rings. The summed E-state index contributed by atoms with van der Waals surface area (Å²) in [6.07, 6.45) is 0.848. The van der Waals surface area contributed by atoms with Gasteiger partial charge in [-0.2, -0.15) is 0 Å². The monoisotopic (exact) mass is 248 g/mol. The van der Waals surface area contributed by atoms with Crippen molar-refractivity contribution in [3.63, 3.8) is 0 Å². The molecule has 5 nitrogen and oxygen atoms in total. The molecular weight excluding hydrogens is 228 g/mol. The molecule has 0 spiro atoms. The van der Waals surface area contributed by atoms with Crippen LogP contribution in [0.2, 0.25) is 0 Å². The van der Waals surface area contributed by atoms with Gasteiger partial charge >= 0.3 is 0 Å². The number of carbonyl (C=O) groups is 1. The minimum absolute atomic E-state index is 0.0972. The van der Waals surface area contributed by atoms with E-state index in [0.29, 0.717) is 13.1 Å². The second kappa shape index (κ2) is 4.94. The van der Waals surface area contributed by atoms with Crippen molar-refractivity contribution in [3.05, 3.63) is 23.9 Å². The van der Waals surface area contributed by atoms with Gasteiger partial charge in [0.15, 0.2) is 0 Å². The molecule has 1 aliphatic heterocycles. The number of nitrogens with one attached hydrogen (secondary N) is 1. The maximum absolute atomic E-state index is 11.9. The van der Waals surface area contributed by atoms with Crippen molar-refractivity contribution < 1.29 is 4.79 Å². The highest BCUT2D eigenvalue weighted by atomic mass is 16.2. The zero-order valence-corrected chi connectivity index (χ0v) is 10.9. The van der Waals surface area contributed by atoms with Crippen LogP contribution in [0.15, 0.2) is 18.2 Å². The quantitative estimate of drug-likeness (QED) is 0.817. The SMILES string of the molecule is CNC(=O)C1(C)CCN(c2cccc(CN)n2)C1. The Kier molecular flexibility index (Phi) is 3.52. The number of nitrogens with zero attached hydrogens (tertiary/aromatic N) is 2. The van der Waals surface area contributed by atoms with E-state index in [9.17, 15) is 4.79 Å². The average Bonchev–Trinajstić information content (AvgIpc) is 2.82. The first kappa shape index (κ1) is 12.8. The number of hydrogen-bond donors (Lipinski definition) is 2. The van der Waals surface area contributed by atoms with Gasteiger partial charge in [0.25, 0.3) is 0 Å². The van der Waals surface area contributed by atoms with Crippen molar-refractivity contribution in [2.45, 2.75) is 19.9 Å². The molecule has 0 saturated carbocycles. The van der Waals surface area contributed by atoms with Crippen molar-refractivity contribution in [2.24, 2.45) is 11.1 Å². The lowest BCUT2D eigenvalue weighted by molar-refractivity contribution is -0.128. The summed E-state index contributed by atoms with van der Waals surface area (Å²) in [4.78, 5) is 18.5. The molecule has 1 unspecified atom stereocenters. The number of anilines is 1. The molecule has 0 bridgehead atoms. The van der Waals surface area contributed by atoms with Gasteiger partial charge in [-0.1, -0.05) is 6.07 Å². The standard InChI is InChI=1S/C13H20N4O/c1-13(12(18)15-2)6-7-17(9-13)11-5-3-4-10(8-14)16-11/h3-5H,6-9,14H2,1-2H3,(H,15,18). The van der Waals surface area contributed by atoms with Gasteiger partial charge in [0.1, 0.15) is 5.82 Å². The summed E-state index contributed by atoms with van der Waals surface area (Å²) < 4.78 is 0. The lowest BCUT2D eigenvalue weighted by Gasteiger charge is -2.23. The Labute approximate surface area is 107 Å². The van der Waals surface area contributed by atoms with Crippen LogP contribution in [0.3, 0.4) is 0 Å². The smallest absolute Gasteiger partial charge is 0.227 e. The van der Waals surface area contributed by atoms with E-state index in [4.69, 9.17) is 5.73 Å². The van der Waals surface area contributed by atoms with Crippen LogP contribution in [0.5, 0.6) is 0 Å². The van der Waals surface area contributed by atoms with Crippen LogP contribution in [-0.4, -0.2) is 31.0 Å². The Hall–Kier alpha value is -1.62. The third kappa shape index (κ3) is 2.31. The van der Waals surface area contributed by atoms with Gasteiger partial charge in [-0.3, -0.25) is 4.79 Å². The number of aromatic nitrogens is 1. The van der Waals surface area contributed by atoms with E-state index in [1.807, 2.05) is 25.1 Å². The Morgan fingerprint density at radius 2 is 2.39 bits per heavy atom. The summed E-state index contributed by atoms with van der Waals surface area (Å²) in [5, 5.41) is 2.74. The molecule has 18 heavy (non-hydrogen) atoms. The highest BCUT2D eigenvalue weighted by Gasteiger charge is 2.40. The van der Waals surface area contributed by atoms with E-state index in [1.54, 1.807) is 7.05 Å². The summed E-state index contributed by atoms with van der Waals surface area (Å²) in [6, 6.07) is 5.84. The molecule has 1 amide bonds. The first-order valence-electron chi connectivity index (χ1n) is 6.22. The lowest BCUT2D eigenvalue weighted by Crippen LogP contribution is -2.39. The van der Waals surface area contributed by atoms with E-state index in [1.165, 1.54) is 0 Å². The van der Waals surface area contributed by atoms with E-state index in [2.05, 4.69) is 15.2 Å². The molecular formula is C13H20N4O. The maximum Gasteiger partial charge on any atom is 0.227 e. The van der Waals surface area contributed by atoms with Gasteiger partial charge in [0, 0.05) is 26.7 Å². The third-order valence-corrected chi connectivity index (χ3v) is 3.57. The largest absolute Gasteiger partial charge is 0.359 e. The number of amides is 1. The van der Waals surface area contributed by atoms with Crippen molar-refractivity contribution in [1.29, 1.82) is 0 Å². The van der Waals surface area contributed by atoms with Gasteiger partial charge in [-0.15, -0.1) is 0 Å². The van der Waals surface area contributed by atoms with Crippen LogP contribution < -0.4 is 16.0 Å². The fourth-order valence-corrected chi connectivity index (χ4v) is 2.40. The van der Waals surface area contributed by atoms with Gasteiger partial charge in [-0.05, 0) is 25.5 Å². The normalized spacial score (nSPS) is 23.2. The molecule has 1 aromatic heterocycles. The van der Waals surface area contributed by atoms with Crippen molar-refractivity contribution in [3.8, 4) is 0 Å². The van der Waals surface area contributed by atoms with E-state index in [-0.39, 0.29) is 11.3 Å². The molecule has 2 rings (SSSR count).